The Morgan fingerprint density at radius 2 is 2.24 bits per heavy atom. The molecular formula is C13H13N3O. The zero-order valence-electron chi connectivity index (χ0n) is 9.36. The molecule has 0 bridgehead atoms. The molecule has 0 fully saturated rings. The molecule has 0 aliphatic carbocycles. The second kappa shape index (κ2) is 4.14. The Morgan fingerprint density at radius 3 is 3.06 bits per heavy atom. The molecule has 0 radical (unpaired) electrons. The topological polar surface area (TPSA) is 57.8 Å². The molecule has 4 heteroatoms. The molecule has 17 heavy (non-hydrogen) atoms. The van der Waals surface area contributed by atoms with Gasteiger partial charge in [-0.3, -0.25) is 4.79 Å². The summed E-state index contributed by atoms with van der Waals surface area (Å²) in [6.45, 7) is 1.93. The van der Waals surface area contributed by atoms with Gasteiger partial charge >= 0.3 is 0 Å². The zero-order valence-corrected chi connectivity index (χ0v) is 9.36. The molecule has 0 atom stereocenters. The first-order valence-electron chi connectivity index (χ1n) is 5.72. The number of nitrogens with one attached hydrogen (secondary N) is 2. The number of rotatable bonds is 1. The first-order chi connectivity index (χ1) is 8.34. The van der Waals surface area contributed by atoms with E-state index in [4.69, 9.17) is 0 Å². The van der Waals surface area contributed by atoms with Gasteiger partial charge in [0.1, 0.15) is 0 Å². The van der Waals surface area contributed by atoms with Crippen LogP contribution in [0.25, 0.3) is 16.3 Å². The molecule has 0 saturated carbocycles. The summed E-state index contributed by atoms with van der Waals surface area (Å²) in [7, 11) is 0. The quantitative estimate of drug-likeness (QED) is 0.772. The summed E-state index contributed by atoms with van der Waals surface area (Å²) in [6.07, 6.45) is 4.93. The van der Waals surface area contributed by atoms with E-state index < -0.39 is 0 Å². The van der Waals surface area contributed by atoms with Crippen molar-refractivity contribution in [1.82, 2.24) is 15.5 Å². The van der Waals surface area contributed by atoms with Crippen LogP contribution in [0.1, 0.15) is 12.0 Å². The van der Waals surface area contributed by atoms with Gasteiger partial charge in [-0.15, -0.1) is 0 Å². The Kier molecular flexibility index (Phi) is 2.49. The Balaban J connectivity index is 2.13. The van der Waals surface area contributed by atoms with Crippen LogP contribution in [0.15, 0.2) is 35.3 Å². The maximum Gasteiger partial charge on any atom is 0.272 e. The van der Waals surface area contributed by atoms with Crippen molar-refractivity contribution in [3.8, 4) is 0 Å². The molecule has 0 amide bonds. The van der Waals surface area contributed by atoms with Crippen molar-refractivity contribution in [1.29, 1.82) is 0 Å². The second-order valence-electron chi connectivity index (χ2n) is 4.18. The normalized spacial score (nSPS) is 15.9. The van der Waals surface area contributed by atoms with Gasteiger partial charge in [0.05, 0.1) is 11.6 Å². The fourth-order valence-corrected chi connectivity index (χ4v) is 2.18. The van der Waals surface area contributed by atoms with Crippen molar-refractivity contribution in [2.24, 2.45) is 0 Å². The summed E-state index contributed by atoms with van der Waals surface area (Å²) in [4.78, 5) is 11.5. The van der Waals surface area contributed by atoms with Crippen molar-refractivity contribution in [3.63, 3.8) is 0 Å². The van der Waals surface area contributed by atoms with Gasteiger partial charge in [0.2, 0.25) is 0 Å². The van der Waals surface area contributed by atoms with E-state index in [1.807, 2.05) is 18.2 Å². The standard InChI is InChI=1S/C13H13N3O/c17-13-12-2-1-10(7-11(12)8-15-16-13)9-3-5-14-6-4-9/h1-3,7-8,14H,4-6H2,(H,16,17). The third-order valence-electron chi connectivity index (χ3n) is 3.10. The summed E-state index contributed by atoms with van der Waals surface area (Å²) < 4.78 is 0. The van der Waals surface area contributed by atoms with Gasteiger partial charge in [-0.2, -0.15) is 5.10 Å². The maximum absolute atomic E-state index is 11.5. The minimum Gasteiger partial charge on any atom is -0.313 e. The van der Waals surface area contributed by atoms with E-state index in [-0.39, 0.29) is 5.56 Å². The van der Waals surface area contributed by atoms with Crippen LogP contribution >= 0.6 is 0 Å². The molecule has 2 heterocycles. The Labute approximate surface area is 98.4 Å². The molecule has 0 saturated heterocycles. The number of benzene rings is 1. The molecule has 2 aromatic rings. The number of hydrogen-bond donors (Lipinski definition) is 2. The number of fused-ring (bicyclic) bond motifs is 1. The first kappa shape index (κ1) is 10.2. The summed E-state index contributed by atoms with van der Waals surface area (Å²) in [5.74, 6) is 0. The van der Waals surface area contributed by atoms with Gasteiger partial charge in [-0.1, -0.05) is 12.1 Å². The predicted molar refractivity (Wildman–Crippen MR) is 67.8 cm³/mol. The van der Waals surface area contributed by atoms with E-state index >= 15 is 0 Å². The monoisotopic (exact) mass is 227 g/mol. The van der Waals surface area contributed by atoms with Crippen molar-refractivity contribution in [2.45, 2.75) is 6.42 Å². The van der Waals surface area contributed by atoms with Crippen LogP contribution in [-0.4, -0.2) is 23.3 Å². The number of nitrogens with zero attached hydrogens (tertiary/aromatic N) is 1. The van der Waals surface area contributed by atoms with E-state index in [0.29, 0.717) is 5.39 Å². The van der Waals surface area contributed by atoms with Crippen LogP contribution in [0, 0.1) is 0 Å². The first-order valence-corrected chi connectivity index (χ1v) is 5.72. The van der Waals surface area contributed by atoms with Crippen molar-refractivity contribution >= 4 is 16.3 Å². The summed E-state index contributed by atoms with van der Waals surface area (Å²) >= 11 is 0. The molecule has 1 aromatic heterocycles. The minimum atomic E-state index is -0.131. The van der Waals surface area contributed by atoms with Gasteiger partial charge in [0.25, 0.3) is 5.56 Å². The van der Waals surface area contributed by atoms with Crippen molar-refractivity contribution in [3.05, 3.63) is 46.4 Å². The summed E-state index contributed by atoms with van der Waals surface area (Å²) in [5.41, 5.74) is 2.39. The third-order valence-corrected chi connectivity index (χ3v) is 3.10. The van der Waals surface area contributed by atoms with Crippen LogP contribution in [0.4, 0.5) is 0 Å². The lowest BCUT2D eigenvalue weighted by Crippen LogP contribution is -2.20. The van der Waals surface area contributed by atoms with Gasteiger partial charge in [0.15, 0.2) is 0 Å². The Hall–Kier alpha value is -1.94. The Morgan fingerprint density at radius 1 is 1.29 bits per heavy atom. The van der Waals surface area contributed by atoms with Crippen LogP contribution in [0.5, 0.6) is 0 Å². The minimum absolute atomic E-state index is 0.131. The van der Waals surface area contributed by atoms with E-state index in [1.54, 1.807) is 6.20 Å². The lowest BCUT2D eigenvalue weighted by Gasteiger charge is -2.14. The third kappa shape index (κ3) is 1.87. The Bertz CT molecular complexity index is 642. The number of hydrogen-bond acceptors (Lipinski definition) is 3. The summed E-state index contributed by atoms with van der Waals surface area (Å²) in [6, 6.07) is 5.91. The highest BCUT2D eigenvalue weighted by Crippen LogP contribution is 2.22. The molecular weight excluding hydrogens is 214 g/mol. The zero-order chi connectivity index (χ0) is 11.7. The van der Waals surface area contributed by atoms with Crippen molar-refractivity contribution in [2.75, 3.05) is 13.1 Å². The van der Waals surface area contributed by atoms with Crippen LogP contribution in [0.3, 0.4) is 0 Å². The van der Waals surface area contributed by atoms with Gasteiger partial charge in [-0.25, -0.2) is 5.10 Å². The summed E-state index contributed by atoms with van der Waals surface area (Å²) in [5, 5.41) is 11.1. The maximum atomic E-state index is 11.5. The van der Waals surface area contributed by atoms with Gasteiger partial charge in [0, 0.05) is 11.9 Å². The number of H-pyrrole nitrogens is 1. The molecule has 4 nitrogen and oxygen atoms in total. The van der Waals surface area contributed by atoms with Crippen LogP contribution in [0.2, 0.25) is 0 Å². The van der Waals surface area contributed by atoms with Crippen molar-refractivity contribution < 1.29 is 0 Å². The fraction of sp³-hybridized carbons (Fsp3) is 0.231. The number of aromatic nitrogens is 2. The van der Waals surface area contributed by atoms with Crippen LogP contribution in [-0.2, 0) is 0 Å². The molecule has 0 unspecified atom stereocenters. The highest BCUT2D eigenvalue weighted by atomic mass is 16.1. The molecule has 86 valence electrons. The fourth-order valence-electron chi connectivity index (χ4n) is 2.18. The largest absolute Gasteiger partial charge is 0.313 e. The van der Waals surface area contributed by atoms with E-state index in [1.165, 1.54) is 11.1 Å². The highest BCUT2D eigenvalue weighted by Gasteiger charge is 2.07. The molecule has 2 N–H and O–H groups in total. The lowest BCUT2D eigenvalue weighted by molar-refractivity contribution is 0.738. The lowest BCUT2D eigenvalue weighted by atomic mass is 9.98. The molecule has 0 spiro atoms. The molecule has 1 aromatic carbocycles. The SMILES string of the molecule is O=c1[nH]ncc2cc(C3=CCNCC3)ccc12. The molecule has 3 rings (SSSR count). The smallest absolute Gasteiger partial charge is 0.272 e. The van der Waals surface area contributed by atoms with Crippen LogP contribution < -0.4 is 10.9 Å². The highest BCUT2D eigenvalue weighted by molar-refractivity contribution is 5.85. The van der Waals surface area contributed by atoms with Gasteiger partial charge < -0.3 is 5.32 Å². The van der Waals surface area contributed by atoms with E-state index in [9.17, 15) is 4.79 Å². The average Bonchev–Trinajstić information content (AvgIpc) is 2.40. The molecule has 1 aliphatic heterocycles. The van der Waals surface area contributed by atoms with Gasteiger partial charge in [-0.05, 0) is 36.2 Å². The average molecular weight is 227 g/mol. The predicted octanol–water partition coefficient (Wildman–Crippen LogP) is 1.30. The second-order valence-corrected chi connectivity index (χ2v) is 4.18. The molecule has 1 aliphatic rings. The van der Waals surface area contributed by atoms with E-state index in [2.05, 4.69) is 21.6 Å². The number of aromatic amines is 1. The van der Waals surface area contributed by atoms with E-state index in [0.717, 1.165) is 24.9 Å².